The zero-order valence-electron chi connectivity index (χ0n) is 16.1. The lowest BCUT2D eigenvalue weighted by Crippen LogP contribution is -2.08. The zero-order valence-corrected chi connectivity index (χ0v) is 16.1. The third-order valence-corrected chi connectivity index (χ3v) is 4.09. The average molecular weight is 368 g/mol. The average Bonchev–Trinajstić information content (AvgIpc) is 2.69. The van der Waals surface area contributed by atoms with Gasteiger partial charge in [-0.2, -0.15) is 0 Å². The van der Waals surface area contributed by atoms with Crippen LogP contribution in [-0.2, 0) is 9.47 Å². The summed E-state index contributed by atoms with van der Waals surface area (Å²) >= 11 is 0. The van der Waals surface area contributed by atoms with Gasteiger partial charge in [0.05, 0.1) is 5.52 Å². The number of para-hydroxylation sites is 1. The zero-order chi connectivity index (χ0) is 19.2. The summed E-state index contributed by atoms with van der Waals surface area (Å²) in [6, 6.07) is 11.7. The smallest absolute Gasteiger partial charge is 0.188 e. The number of hydrogen-bond donors (Lipinski definition) is 0. The maximum absolute atomic E-state index is 5.82. The van der Waals surface area contributed by atoms with Crippen molar-refractivity contribution in [2.45, 2.75) is 19.8 Å². The molecule has 0 saturated carbocycles. The molecular weight excluding hydrogens is 344 g/mol. The summed E-state index contributed by atoms with van der Waals surface area (Å²) in [5.74, 6) is 2.17. The van der Waals surface area contributed by atoms with E-state index in [-0.39, 0.29) is 19.5 Å². The normalized spacial score (nSPS) is 11.1. The molecule has 27 heavy (non-hydrogen) atoms. The molecule has 3 aromatic rings. The molecule has 0 aliphatic carbocycles. The van der Waals surface area contributed by atoms with Crippen LogP contribution in [0.25, 0.3) is 22.3 Å². The number of aromatic nitrogens is 2. The van der Waals surface area contributed by atoms with Crippen molar-refractivity contribution >= 4 is 10.9 Å². The number of fused-ring (bicyclic) bond motifs is 1. The highest BCUT2D eigenvalue weighted by atomic mass is 16.7. The van der Waals surface area contributed by atoms with Gasteiger partial charge in [0.15, 0.2) is 19.4 Å². The van der Waals surface area contributed by atoms with Gasteiger partial charge < -0.3 is 18.9 Å². The van der Waals surface area contributed by atoms with E-state index in [1.807, 2.05) is 42.6 Å². The lowest BCUT2D eigenvalue weighted by Gasteiger charge is -2.19. The van der Waals surface area contributed by atoms with Crippen LogP contribution >= 0.6 is 0 Å². The van der Waals surface area contributed by atoms with Crippen molar-refractivity contribution in [2.24, 2.45) is 0 Å². The largest absolute Gasteiger partial charge is 0.467 e. The summed E-state index contributed by atoms with van der Waals surface area (Å²) in [6.45, 7) is 4.46. The summed E-state index contributed by atoms with van der Waals surface area (Å²) in [6.07, 6.45) is 1.82. The van der Waals surface area contributed by atoms with Crippen LogP contribution in [0.15, 0.2) is 42.6 Å². The first-order valence-electron chi connectivity index (χ1n) is 8.77. The fourth-order valence-corrected chi connectivity index (χ4v) is 2.89. The summed E-state index contributed by atoms with van der Waals surface area (Å²) in [5, 5.41) is 0.992. The number of rotatable bonds is 8. The molecule has 6 heteroatoms. The molecule has 0 atom stereocenters. The molecule has 0 bridgehead atoms. The molecule has 0 unspecified atom stereocenters. The van der Waals surface area contributed by atoms with E-state index in [9.17, 15) is 0 Å². The topological polar surface area (TPSA) is 62.7 Å². The minimum atomic E-state index is 0.144. The van der Waals surface area contributed by atoms with E-state index in [2.05, 4.69) is 23.8 Å². The molecule has 0 spiro atoms. The van der Waals surface area contributed by atoms with Crippen LogP contribution in [0.1, 0.15) is 25.3 Å². The molecule has 1 heterocycles. The first-order chi connectivity index (χ1) is 13.1. The van der Waals surface area contributed by atoms with Gasteiger partial charge >= 0.3 is 0 Å². The molecule has 0 saturated heterocycles. The van der Waals surface area contributed by atoms with Crippen molar-refractivity contribution in [1.82, 2.24) is 9.97 Å². The first kappa shape index (κ1) is 19.1. The molecule has 0 aliphatic heterocycles. The van der Waals surface area contributed by atoms with Crippen molar-refractivity contribution in [1.29, 1.82) is 0 Å². The van der Waals surface area contributed by atoms with E-state index in [0.29, 0.717) is 17.3 Å². The molecular formula is C21H24N2O4. The number of benzene rings is 2. The van der Waals surface area contributed by atoms with Crippen molar-refractivity contribution in [3.05, 3.63) is 48.2 Å². The van der Waals surface area contributed by atoms with Gasteiger partial charge in [-0.3, -0.25) is 0 Å². The van der Waals surface area contributed by atoms with E-state index in [1.54, 1.807) is 14.2 Å². The molecule has 0 fully saturated rings. The Morgan fingerprint density at radius 2 is 1.56 bits per heavy atom. The predicted molar refractivity (Wildman–Crippen MR) is 104 cm³/mol. The minimum Gasteiger partial charge on any atom is -0.467 e. The molecule has 6 nitrogen and oxygen atoms in total. The van der Waals surface area contributed by atoms with Gasteiger partial charge in [-0.15, -0.1) is 0 Å². The lowest BCUT2D eigenvalue weighted by molar-refractivity contribution is 0.0444. The maximum Gasteiger partial charge on any atom is 0.188 e. The highest BCUT2D eigenvalue weighted by molar-refractivity contribution is 5.79. The van der Waals surface area contributed by atoms with E-state index in [0.717, 1.165) is 22.0 Å². The number of hydrogen-bond acceptors (Lipinski definition) is 6. The molecule has 0 N–H and O–H groups in total. The lowest BCUT2D eigenvalue weighted by atomic mass is 9.98. The molecule has 0 amide bonds. The van der Waals surface area contributed by atoms with Crippen molar-refractivity contribution in [3.63, 3.8) is 0 Å². The number of methoxy groups -OCH3 is 2. The fraction of sp³-hybridized carbons (Fsp3) is 0.333. The summed E-state index contributed by atoms with van der Waals surface area (Å²) < 4.78 is 21.8. The van der Waals surface area contributed by atoms with E-state index >= 15 is 0 Å². The van der Waals surface area contributed by atoms with Crippen LogP contribution in [0.4, 0.5) is 0 Å². The third kappa shape index (κ3) is 4.35. The van der Waals surface area contributed by atoms with Crippen molar-refractivity contribution in [3.8, 4) is 22.9 Å². The third-order valence-electron chi connectivity index (χ3n) is 4.09. The van der Waals surface area contributed by atoms with Crippen molar-refractivity contribution in [2.75, 3.05) is 27.8 Å². The van der Waals surface area contributed by atoms with Gasteiger partial charge in [0.2, 0.25) is 0 Å². The van der Waals surface area contributed by atoms with Crippen LogP contribution in [0.2, 0.25) is 0 Å². The second-order valence-electron chi connectivity index (χ2n) is 6.40. The Morgan fingerprint density at radius 1 is 0.926 bits per heavy atom. The van der Waals surface area contributed by atoms with Crippen LogP contribution in [0, 0.1) is 0 Å². The van der Waals surface area contributed by atoms with Crippen LogP contribution in [0.5, 0.6) is 11.5 Å². The molecule has 2 aromatic carbocycles. The second kappa shape index (κ2) is 8.79. The minimum absolute atomic E-state index is 0.144. The van der Waals surface area contributed by atoms with Gasteiger partial charge in [-0.05, 0) is 24.1 Å². The highest BCUT2D eigenvalue weighted by Gasteiger charge is 2.19. The van der Waals surface area contributed by atoms with Gasteiger partial charge in [-0.1, -0.05) is 32.0 Å². The number of nitrogens with zero attached hydrogens (tertiary/aromatic N) is 2. The summed E-state index contributed by atoms with van der Waals surface area (Å²) in [7, 11) is 3.18. The van der Waals surface area contributed by atoms with E-state index in [1.165, 1.54) is 0 Å². The summed E-state index contributed by atoms with van der Waals surface area (Å²) in [4.78, 5) is 9.19. The van der Waals surface area contributed by atoms with Crippen LogP contribution < -0.4 is 9.47 Å². The standard InChI is InChI=1S/C21H24N2O4/c1-14(2)20-18(26-12-24-3)9-16(10-19(20)27-13-25-4)21-22-11-15-7-5-6-8-17(15)23-21/h5-11,14H,12-13H2,1-4H3. The molecule has 0 radical (unpaired) electrons. The van der Waals surface area contributed by atoms with Gasteiger partial charge in [-0.25, -0.2) is 9.97 Å². The van der Waals surface area contributed by atoms with Gasteiger partial charge in [0.25, 0.3) is 0 Å². The highest BCUT2D eigenvalue weighted by Crippen LogP contribution is 2.39. The Morgan fingerprint density at radius 3 is 2.15 bits per heavy atom. The number of ether oxygens (including phenoxy) is 4. The Kier molecular flexibility index (Phi) is 6.21. The van der Waals surface area contributed by atoms with Crippen LogP contribution in [0.3, 0.4) is 0 Å². The fourth-order valence-electron chi connectivity index (χ4n) is 2.89. The van der Waals surface area contributed by atoms with Gasteiger partial charge in [0.1, 0.15) is 11.5 Å². The van der Waals surface area contributed by atoms with E-state index < -0.39 is 0 Å². The Balaban J connectivity index is 2.12. The predicted octanol–water partition coefficient (Wildman–Crippen LogP) is 4.39. The SMILES string of the molecule is COCOc1cc(-c2ncc3ccccc3n2)cc(OCOC)c1C(C)C. The summed E-state index contributed by atoms with van der Waals surface area (Å²) in [5.41, 5.74) is 2.64. The maximum atomic E-state index is 5.82. The quantitative estimate of drug-likeness (QED) is 0.550. The van der Waals surface area contributed by atoms with Gasteiger partial charge in [0, 0.05) is 36.9 Å². The van der Waals surface area contributed by atoms with Crippen molar-refractivity contribution < 1.29 is 18.9 Å². The molecule has 0 aliphatic rings. The Bertz CT molecular complexity index is 883. The first-order valence-corrected chi connectivity index (χ1v) is 8.77. The second-order valence-corrected chi connectivity index (χ2v) is 6.40. The molecule has 142 valence electrons. The Labute approximate surface area is 159 Å². The molecule has 1 aromatic heterocycles. The monoisotopic (exact) mass is 368 g/mol. The van der Waals surface area contributed by atoms with E-state index in [4.69, 9.17) is 18.9 Å². The van der Waals surface area contributed by atoms with Crippen LogP contribution in [-0.4, -0.2) is 37.8 Å². The molecule has 3 rings (SSSR count). The Hall–Kier alpha value is -2.70.